The van der Waals surface area contributed by atoms with Crippen LogP contribution in [0.5, 0.6) is 0 Å². The maximum Gasteiger partial charge on any atom is 0.0541 e. The van der Waals surface area contributed by atoms with Gasteiger partial charge in [-0.3, -0.25) is 0 Å². The Labute approximate surface area is 368 Å². The lowest BCUT2D eigenvalue weighted by Gasteiger charge is -2.42. The number of benzene rings is 10. The number of nitrogens with zero attached hydrogens (tertiary/aromatic N) is 2. The van der Waals surface area contributed by atoms with Crippen LogP contribution >= 0.6 is 10.0 Å². The molecule has 2 nitrogen and oxygen atoms in total. The van der Waals surface area contributed by atoms with E-state index in [4.69, 9.17) is 0 Å². The number of fused-ring (bicyclic) bond motifs is 6. The molecule has 12 rings (SSSR count). The Morgan fingerprint density at radius 2 is 0.603 bits per heavy atom. The van der Waals surface area contributed by atoms with Crippen molar-refractivity contribution >= 4 is 53.6 Å². The molecule has 10 aromatic carbocycles. The maximum absolute atomic E-state index is 2.46. The standard InChI is InChI=1S/C60H42N2S/c1-5-18-43(19-6-1)44-32-36-47(37-33-44)61-57-30-15-13-28-53(57)55-40-45(34-38-59(55)61)46-35-39-60-56(41-46)54-29-14-16-31-58(54)62(60)48-20-17-27-52(42-48)63(49-21-7-2-8-22-49,50-23-9-3-10-24-50)51-25-11-4-12-26-51/h1-42H. The third kappa shape index (κ3) is 6.04. The van der Waals surface area contributed by atoms with Crippen molar-refractivity contribution in [3.8, 4) is 33.6 Å². The monoisotopic (exact) mass is 822 g/mol. The van der Waals surface area contributed by atoms with Crippen molar-refractivity contribution < 1.29 is 0 Å². The molecular formula is C60H42N2S. The largest absolute Gasteiger partial charge is 0.309 e. The highest BCUT2D eigenvalue weighted by Crippen LogP contribution is 2.73. The van der Waals surface area contributed by atoms with Gasteiger partial charge in [0.2, 0.25) is 0 Å². The fourth-order valence-electron chi connectivity index (χ4n) is 9.80. The van der Waals surface area contributed by atoms with Gasteiger partial charge in [0, 0.05) is 52.5 Å². The Hall–Kier alpha value is -7.85. The van der Waals surface area contributed by atoms with Crippen molar-refractivity contribution in [3.63, 3.8) is 0 Å². The molecule has 0 atom stereocenters. The zero-order valence-electron chi connectivity index (χ0n) is 34.6. The molecule has 0 fully saturated rings. The molecule has 298 valence electrons. The lowest BCUT2D eigenvalue weighted by Crippen LogP contribution is -2.06. The van der Waals surface area contributed by atoms with Crippen molar-refractivity contribution in [2.24, 2.45) is 0 Å². The van der Waals surface area contributed by atoms with Crippen LogP contribution in [0.15, 0.2) is 274 Å². The molecular weight excluding hydrogens is 781 g/mol. The number of hydrogen-bond acceptors (Lipinski definition) is 0. The van der Waals surface area contributed by atoms with E-state index in [1.165, 1.54) is 85.4 Å². The molecule has 0 unspecified atom stereocenters. The average Bonchev–Trinajstić information content (AvgIpc) is 3.88. The quantitative estimate of drug-likeness (QED) is 0.144. The van der Waals surface area contributed by atoms with Crippen molar-refractivity contribution in [2.45, 2.75) is 19.6 Å². The van der Waals surface area contributed by atoms with Gasteiger partial charge in [-0.1, -0.05) is 152 Å². The zero-order chi connectivity index (χ0) is 41.7. The molecule has 0 aliphatic carbocycles. The normalized spacial score (nSPS) is 12.1. The molecule has 0 radical (unpaired) electrons. The predicted octanol–water partition coefficient (Wildman–Crippen LogP) is 16.6. The van der Waals surface area contributed by atoms with Crippen LogP contribution in [0.25, 0.3) is 77.2 Å². The maximum atomic E-state index is 2.46. The second-order valence-electron chi connectivity index (χ2n) is 16.1. The smallest absolute Gasteiger partial charge is 0.0541 e. The summed E-state index contributed by atoms with van der Waals surface area (Å²) in [5, 5.41) is 4.97. The summed E-state index contributed by atoms with van der Waals surface area (Å²) in [7, 11) is -1.85. The van der Waals surface area contributed by atoms with Crippen LogP contribution in [0, 0.1) is 0 Å². The second kappa shape index (κ2) is 15.3. The highest BCUT2D eigenvalue weighted by Gasteiger charge is 2.33. The van der Waals surface area contributed by atoms with Crippen LogP contribution in [0.4, 0.5) is 0 Å². The first-order chi connectivity index (χ1) is 31.3. The van der Waals surface area contributed by atoms with E-state index in [2.05, 4.69) is 264 Å². The lowest BCUT2D eigenvalue weighted by molar-refractivity contribution is 1.15. The summed E-state index contributed by atoms with van der Waals surface area (Å²) in [4.78, 5) is 5.23. The summed E-state index contributed by atoms with van der Waals surface area (Å²) in [6, 6.07) is 93.8. The molecule has 63 heavy (non-hydrogen) atoms. The highest BCUT2D eigenvalue weighted by molar-refractivity contribution is 8.34. The van der Waals surface area contributed by atoms with Gasteiger partial charge in [0.1, 0.15) is 0 Å². The molecule has 0 saturated heterocycles. The van der Waals surface area contributed by atoms with E-state index in [0.717, 1.165) is 11.4 Å². The minimum absolute atomic E-state index is 1.15. The summed E-state index contributed by atoms with van der Waals surface area (Å²) in [5.41, 5.74) is 11.9. The lowest BCUT2D eigenvalue weighted by atomic mass is 10.0. The fourth-order valence-corrected chi connectivity index (χ4v) is 13.7. The molecule has 3 heteroatoms. The third-order valence-corrected chi connectivity index (χ3v) is 16.5. The van der Waals surface area contributed by atoms with Gasteiger partial charge in [-0.05, 0) is 125 Å². The Balaban J connectivity index is 1.00. The summed E-state index contributed by atoms with van der Waals surface area (Å²) < 4.78 is 4.86. The first-order valence-electron chi connectivity index (χ1n) is 21.6. The summed E-state index contributed by atoms with van der Waals surface area (Å²) in [5.74, 6) is 0. The fraction of sp³-hybridized carbons (Fsp3) is 0. The highest BCUT2D eigenvalue weighted by atomic mass is 32.3. The molecule has 2 aromatic heterocycles. The SMILES string of the molecule is c1ccc(-c2ccc(-n3c4ccccc4c4cc(-c5ccc6c(c5)c5ccccc5n6-c5cccc(S(c6ccccc6)(c6ccccc6)c6ccccc6)c5)ccc43)cc2)cc1. The van der Waals surface area contributed by atoms with Crippen LogP contribution in [0.3, 0.4) is 0 Å². The Bertz CT molecular complexity index is 3490. The molecule has 0 N–H and O–H groups in total. The third-order valence-electron chi connectivity index (χ3n) is 12.6. The van der Waals surface area contributed by atoms with E-state index in [1.807, 2.05) is 0 Å². The average molecular weight is 823 g/mol. The Morgan fingerprint density at radius 1 is 0.222 bits per heavy atom. The predicted molar refractivity (Wildman–Crippen MR) is 266 cm³/mol. The number of rotatable bonds is 8. The second-order valence-corrected chi connectivity index (χ2v) is 19.2. The van der Waals surface area contributed by atoms with E-state index < -0.39 is 10.0 Å². The van der Waals surface area contributed by atoms with Gasteiger partial charge in [-0.15, -0.1) is 10.0 Å². The van der Waals surface area contributed by atoms with Gasteiger partial charge in [-0.2, -0.15) is 0 Å². The van der Waals surface area contributed by atoms with Crippen LogP contribution in [0.2, 0.25) is 0 Å². The van der Waals surface area contributed by atoms with Gasteiger partial charge in [0.05, 0.1) is 22.1 Å². The van der Waals surface area contributed by atoms with Crippen molar-refractivity contribution in [1.82, 2.24) is 9.13 Å². The molecule has 0 aliphatic heterocycles. The molecule has 0 saturated carbocycles. The minimum atomic E-state index is -1.85. The van der Waals surface area contributed by atoms with Gasteiger partial charge < -0.3 is 9.13 Å². The van der Waals surface area contributed by atoms with Crippen LogP contribution < -0.4 is 0 Å². The molecule has 0 amide bonds. The summed E-state index contributed by atoms with van der Waals surface area (Å²) in [6.45, 7) is 0. The number of hydrogen-bond donors (Lipinski definition) is 0. The molecule has 0 spiro atoms. The van der Waals surface area contributed by atoms with Gasteiger partial charge in [-0.25, -0.2) is 0 Å². The van der Waals surface area contributed by atoms with Gasteiger partial charge >= 0.3 is 0 Å². The van der Waals surface area contributed by atoms with Crippen molar-refractivity contribution in [3.05, 3.63) is 255 Å². The number of aromatic nitrogens is 2. The van der Waals surface area contributed by atoms with Crippen molar-refractivity contribution in [1.29, 1.82) is 0 Å². The first kappa shape index (κ1) is 37.0. The Kier molecular flexibility index (Phi) is 8.95. The Morgan fingerprint density at radius 3 is 1.11 bits per heavy atom. The van der Waals surface area contributed by atoms with E-state index in [0.29, 0.717) is 0 Å². The molecule has 0 aliphatic rings. The van der Waals surface area contributed by atoms with E-state index in [1.54, 1.807) is 0 Å². The van der Waals surface area contributed by atoms with E-state index >= 15 is 0 Å². The van der Waals surface area contributed by atoms with Crippen LogP contribution in [-0.2, 0) is 0 Å². The zero-order valence-corrected chi connectivity index (χ0v) is 35.4. The van der Waals surface area contributed by atoms with Crippen LogP contribution in [0.1, 0.15) is 0 Å². The molecule has 2 heterocycles. The van der Waals surface area contributed by atoms with Gasteiger partial charge in [0.15, 0.2) is 0 Å². The summed E-state index contributed by atoms with van der Waals surface area (Å²) in [6.07, 6.45) is 0. The minimum Gasteiger partial charge on any atom is -0.309 e. The molecule has 12 aromatic rings. The van der Waals surface area contributed by atoms with Gasteiger partial charge in [0.25, 0.3) is 0 Å². The van der Waals surface area contributed by atoms with E-state index in [9.17, 15) is 0 Å². The summed E-state index contributed by atoms with van der Waals surface area (Å²) >= 11 is 0. The molecule has 0 bridgehead atoms. The number of para-hydroxylation sites is 2. The van der Waals surface area contributed by atoms with Crippen LogP contribution in [-0.4, -0.2) is 9.13 Å². The first-order valence-corrected chi connectivity index (χ1v) is 23.2. The van der Waals surface area contributed by atoms with E-state index in [-0.39, 0.29) is 0 Å². The van der Waals surface area contributed by atoms with Crippen molar-refractivity contribution in [2.75, 3.05) is 0 Å². The topological polar surface area (TPSA) is 9.86 Å².